The van der Waals surface area contributed by atoms with Crippen molar-refractivity contribution in [1.29, 1.82) is 0 Å². The van der Waals surface area contributed by atoms with Crippen molar-refractivity contribution in [2.45, 2.75) is 32.2 Å². The van der Waals surface area contributed by atoms with Gasteiger partial charge in [0.25, 0.3) is 0 Å². The van der Waals surface area contributed by atoms with Crippen LogP contribution in [0, 0.1) is 6.92 Å². The zero-order valence-corrected chi connectivity index (χ0v) is 14.4. The molecule has 0 aliphatic carbocycles. The lowest BCUT2D eigenvalue weighted by atomic mass is 10.0. The second kappa shape index (κ2) is 7.79. The van der Waals surface area contributed by atoms with Crippen molar-refractivity contribution in [3.63, 3.8) is 0 Å². The molecule has 1 saturated heterocycles. The van der Waals surface area contributed by atoms with Gasteiger partial charge >= 0.3 is 0 Å². The predicted molar refractivity (Wildman–Crippen MR) is 88.9 cm³/mol. The lowest BCUT2D eigenvalue weighted by Gasteiger charge is -2.32. The van der Waals surface area contributed by atoms with Crippen LogP contribution in [0.15, 0.2) is 24.3 Å². The number of rotatable bonds is 6. The first-order valence-corrected chi connectivity index (χ1v) is 9.67. The number of nitrogens with one attached hydrogen (secondary N) is 1. The summed E-state index contributed by atoms with van der Waals surface area (Å²) >= 11 is 0. The highest BCUT2D eigenvalue weighted by Gasteiger charge is 2.34. The van der Waals surface area contributed by atoms with E-state index in [1.807, 2.05) is 31.2 Å². The minimum absolute atomic E-state index is 0.247. The number of ether oxygens (including phenoxy) is 1. The van der Waals surface area contributed by atoms with Gasteiger partial charge in [-0.2, -0.15) is 4.31 Å². The molecule has 1 amide bonds. The van der Waals surface area contributed by atoms with Crippen molar-refractivity contribution in [2.24, 2.45) is 0 Å². The van der Waals surface area contributed by atoms with Gasteiger partial charge in [0.15, 0.2) is 0 Å². The van der Waals surface area contributed by atoms with Crippen LogP contribution in [0.3, 0.4) is 0 Å². The third-order valence-electron chi connectivity index (χ3n) is 3.84. The normalized spacial score (nSPS) is 19.3. The Labute approximate surface area is 137 Å². The van der Waals surface area contributed by atoms with Gasteiger partial charge < -0.3 is 10.1 Å². The van der Waals surface area contributed by atoms with E-state index in [9.17, 15) is 13.2 Å². The molecule has 0 bridgehead atoms. The molecule has 1 fully saturated rings. The van der Waals surface area contributed by atoms with Gasteiger partial charge in [0, 0.05) is 6.54 Å². The molecule has 128 valence electrons. The summed E-state index contributed by atoms with van der Waals surface area (Å²) in [4.78, 5) is 12.2. The molecule has 1 N–H and O–H groups in total. The molecule has 1 heterocycles. The maximum atomic E-state index is 12.2. The molecule has 0 saturated carbocycles. The molecule has 23 heavy (non-hydrogen) atoms. The largest absolute Gasteiger partial charge is 0.492 e. The highest BCUT2D eigenvalue weighted by molar-refractivity contribution is 7.88. The fourth-order valence-corrected chi connectivity index (χ4v) is 3.85. The minimum Gasteiger partial charge on any atom is -0.492 e. The lowest BCUT2D eigenvalue weighted by molar-refractivity contribution is -0.125. The van der Waals surface area contributed by atoms with E-state index in [4.69, 9.17) is 4.74 Å². The van der Waals surface area contributed by atoms with E-state index in [0.29, 0.717) is 26.1 Å². The number of carbonyl (C=O) groups excluding carboxylic acids is 1. The van der Waals surface area contributed by atoms with Crippen LogP contribution in [0.25, 0.3) is 0 Å². The molecule has 1 aromatic rings. The quantitative estimate of drug-likeness (QED) is 0.792. The zero-order valence-electron chi connectivity index (χ0n) is 13.6. The molecular formula is C16H24N2O4S. The summed E-state index contributed by atoms with van der Waals surface area (Å²) in [5.41, 5.74) is 1.11. The SMILES string of the molecule is Cc1cccc(OCCNC(=O)[C@@H]2CCCCN2S(C)(=O)=O)c1. The van der Waals surface area contributed by atoms with Crippen LogP contribution < -0.4 is 10.1 Å². The van der Waals surface area contributed by atoms with Crippen molar-refractivity contribution >= 4 is 15.9 Å². The summed E-state index contributed by atoms with van der Waals surface area (Å²) in [6.45, 7) is 3.09. The van der Waals surface area contributed by atoms with Crippen molar-refractivity contribution in [1.82, 2.24) is 9.62 Å². The first-order valence-electron chi connectivity index (χ1n) is 7.82. The van der Waals surface area contributed by atoms with Gasteiger partial charge in [-0.05, 0) is 37.5 Å². The van der Waals surface area contributed by atoms with Gasteiger partial charge in [0.2, 0.25) is 15.9 Å². The summed E-state index contributed by atoms with van der Waals surface area (Å²) in [6, 6.07) is 7.08. The number of carbonyl (C=O) groups is 1. The molecular weight excluding hydrogens is 316 g/mol. The van der Waals surface area contributed by atoms with E-state index in [1.54, 1.807) is 0 Å². The van der Waals surface area contributed by atoms with Crippen LogP contribution in [0.2, 0.25) is 0 Å². The Bertz CT molecular complexity index is 645. The Hall–Kier alpha value is -1.60. The monoisotopic (exact) mass is 340 g/mol. The molecule has 7 heteroatoms. The minimum atomic E-state index is -3.36. The highest BCUT2D eigenvalue weighted by Crippen LogP contribution is 2.20. The molecule has 0 spiro atoms. The zero-order chi connectivity index (χ0) is 16.9. The Morgan fingerprint density at radius 2 is 2.17 bits per heavy atom. The van der Waals surface area contributed by atoms with Crippen LogP contribution in [0.4, 0.5) is 0 Å². The average Bonchev–Trinajstić information content (AvgIpc) is 2.50. The average molecular weight is 340 g/mol. The topological polar surface area (TPSA) is 75.7 Å². The molecule has 0 radical (unpaired) electrons. The van der Waals surface area contributed by atoms with Crippen molar-refractivity contribution < 1.29 is 17.9 Å². The molecule has 6 nitrogen and oxygen atoms in total. The highest BCUT2D eigenvalue weighted by atomic mass is 32.2. The third-order valence-corrected chi connectivity index (χ3v) is 5.13. The first-order chi connectivity index (χ1) is 10.9. The summed E-state index contributed by atoms with van der Waals surface area (Å²) in [7, 11) is -3.36. The van der Waals surface area contributed by atoms with Crippen molar-refractivity contribution in [3.05, 3.63) is 29.8 Å². The molecule has 1 atom stereocenters. The fraction of sp³-hybridized carbons (Fsp3) is 0.562. The smallest absolute Gasteiger partial charge is 0.238 e. The van der Waals surface area contributed by atoms with E-state index < -0.39 is 16.1 Å². The van der Waals surface area contributed by atoms with Gasteiger partial charge in [-0.3, -0.25) is 4.79 Å². The second-order valence-corrected chi connectivity index (χ2v) is 7.78. The molecule has 1 aliphatic rings. The fourth-order valence-electron chi connectivity index (χ4n) is 2.73. The number of sulfonamides is 1. The van der Waals surface area contributed by atoms with Crippen LogP contribution >= 0.6 is 0 Å². The lowest BCUT2D eigenvalue weighted by Crippen LogP contribution is -2.52. The van der Waals surface area contributed by atoms with Gasteiger partial charge in [0.1, 0.15) is 18.4 Å². The van der Waals surface area contributed by atoms with E-state index in [1.165, 1.54) is 4.31 Å². The molecule has 1 aromatic carbocycles. The van der Waals surface area contributed by atoms with Crippen LogP contribution in [-0.4, -0.2) is 50.6 Å². The number of amides is 1. The maximum absolute atomic E-state index is 12.2. The summed E-state index contributed by atoms with van der Waals surface area (Å²) < 4.78 is 30.4. The predicted octanol–water partition coefficient (Wildman–Crippen LogP) is 1.30. The Morgan fingerprint density at radius 3 is 2.87 bits per heavy atom. The number of benzene rings is 1. The Morgan fingerprint density at radius 1 is 1.39 bits per heavy atom. The molecule has 1 aliphatic heterocycles. The van der Waals surface area contributed by atoms with E-state index in [-0.39, 0.29) is 5.91 Å². The number of hydrogen-bond acceptors (Lipinski definition) is 4. The molecule has 2 rings (SSSR count). The number of aryl methyl sites for hydroxylation is 1. The number of nitrogens with zero attached hydrogens (tertiary/aromatic N) is 1. The summed E-state index contributed by atoms with van der Waals surface area (Å²) in [5.74, 6) is 0.512. The van der Waals surface area contributed by atoms with Gasteiger partial charge in [-0.15, -0.1) is 0 Å². The standard InChI is InChI=1S/C16H24N2O4S/c1-13-6-5-7-14(12-13)22-11-9-17-16(19)15-8-3-4-10-18(15)23(2,20)21/h5-7,12,15H,3-4,8-11H2,1-2H3,(H,17,19)/t15-/m0/s1. The van der Waals surface area contributed by atoms with Crippen LogP contribution in [0.1, 0.15) is 24.8 Å². The summed E-state index contributed by atoms with van der Waals surface area (Å²) in [6.07, 6.45) is 3.38. The van der Waals surface area contributed by atoms with Crippen molar-refractivity contribution in [2.75, 3.05) is 26.0 Å². The third kappa shape index (κ3) is 5.21. The molecule has 0 aromatic heterocycles. The van der Waals surface area contributed by atoms with Crippen molar-refractivity contribution in [3.8, 4) is 5.75 Å². The van der Waals surface area contributed by atoms with Crippen LogP contribution in [-0.2, 0) is 14.8 Å². The second-order valence-electron chi connectivity index (χ2n) is 5.84. The van der Waals surface area contributed by atoms with E-state index >= 15 is 0 Å². The number of hydrogen-bond donors (Lipinski definition) is 1. The summed E-state index contributed by atoms with van der Waals surface area (Å²) in [5, 5.41) is 2.77. The van der Waals surface area contributed by atoms with Gasteiger partial charge in [0.05, 0.1) is 12.8 Å². The van der Waals surface area contributed by atoms with Gasteiger partial charge in [-0.1, -0.05) is 18.6 Å². The Kier molecular flexibility index (Phi) is 6.01. The van der Waals surface area contributed by atoms with Gasteiger partial charge in [-0.25, -0.2) is 8.42 Å². The first kappa shape index (κ1) is 17.7. The van der Waals surface area contributed by atoms with E-state index in [0.717, 1.165) is 30.4 Å². The maximum Gasteiger partial charge on any atom is 0.238 e. The Balaban J connectivity index is 1.81. The number of piperidine rings is 1. The van der Waals surface area contributed by atoms with Crippen LogP contribution in [0.5, 0.6) is 5.75 Å². The van der Waals surface area contributed by atoms with E-state index in [2.05, 4.69) is 5.32 Å². The molecule has 0 unspecified atom stereocenters.